The van der Waals surface area contributed by atoms with Gasteiger partial charge in [-0.15, -0.1) is 0 Å². The fourth-order valence-electron chi connectivity index (χ4n) is 5.51. The molecule has 1 aromatic heterocycles. The quantitative estimate of drug-likeness (QED) is 0.558. The Bertz CT molecular complexity index is 1120. The smallest absolute Gasteiger partial charge is 0.324 e. The lowest BCUT2D eigenvalue weighted by Crippen LogP contribution is -2.44. The molecule has 168 valence electrons. The number of hydrogen-bond acceptors (Lipinski definition) is 3. The zero-order valence-electron chi connectivity index (χ0n) is 19.2. The van der Waals surface area contributed by atoms with Crippen LogP contribution in [0.15, 0.2) is 58.5 Å². The molecule has 2 heterocycles. The fraction of sp³-hybridized carbons (Fsp3) is 0.423. The molecule has 5 nitrogen and oxygen atoms in total. The van der Waals surface area contributed by atoms with Crippen LogP contribution in [0.4, 0.5) is 4.79 Å². The molecule has 0 unspecified atom stereocenters. The number of rotatable bonds is 5. The Morgan fingerprint density at radius 3 is 2.66 bits per heavy atom. The minimum Gasteiger partial charge on any atom is -0.324 e. The predicted octanol–water partition coefficient (Wildman–Crippen LogP) is 5.53. The van der Waals surface area contributed by atoms with Crippen molar-refractivity contribution in [1.82, 2.24) is 14.5 Å². The first kappa shape index (κ1) is 21.4. The molecule has 3 aromatic rings. The molecule has 1 aliphatic heterocycles. The number of nitrogens with zero attached hydrogens (tertiary/aromatic N) is 3. The number of nitrogens with one attached hydrogen (secondary N) is 1. The molecule has 2 aromatic carbocycles. The summed E-state index contributed by atoms with van der Waals surface area (Å²) in [6.07, 6.45) is 3.51. The van der Waals surface area contributed by atoms with Gasteiger partial charge in [-0.25, -0.2) is 14.9 Å². The second kappa shape index (κ2) is 8.83. The molecule has 0 radical (unpaired) electrons. The third kappa shape index (κ3) is 3.59. The summed E-state index contributed by atoms with van der Waals surface area (Å²) in [5, 5.41) is 2.49. The molecule has 2 atom stereocenters. The molecule has 5 rings (SSSR count). The van der Waals surface area contributed by atoms with Crippen molar-refractivity contribution in [3.8, 4) is 0 Å². The van der Waals surface area contributed by atoms with Crippen molar-refractivity contribution in [3.05, 3.63) is 59.7 Å². The van der Waals surface area contributed by atoms with Gasteiger partial charge in [-0.3, -0.25) is 0 Å². The van der Waals surface area contributed by atoms with E-state index >= 15 is 0 Å². The first-order chi connectivity index (χ1) is 15.6. The second-order valence-electron chi connectivity index (χ2n) is 8.87. The Balaban J connectivity index is 1.68. The number of fused-ring (bicyclic) bond motifs is 2. The van der Waals surface area contributed by atoms with Gasteiger partial charge in [0.2, 0.25) is 0 Å². The average Bonchev–Trinajstić information content (AvgIpc) is 3.10. The van der Waals surface area contributed by atoms with Crippen molar-refractivity contribution in [1.29, 1.82) is 0 Å². The van der Waals surface area contributed by atoms with E-state index in [0.717, 1.165) is 23.5 Å². The van der Waals surface area contributed by atoms with Crippen molar-refractivity contribution < 1.29 is 4.79 Å². The standard InChI is InChI=1S/C26H32N4OS/c1-4-29(5-2)26(31)27-30-22-15-9-13-20-19-14-10-16-28(3)23(19)17-21(24(20)22)25(30)32-18-11-7-6-8-12-18/h6-9,11-13,15,19,23H,4-5,10,14,16-17H2,1-3H3,(H,27,31)/t19-,23-/m1/s1. The molecule has 32 heavy (non-hydrogen) atoms. The molecule has 6 heteroatoms. The highest BCUT2D eigenvalue weighted by atomic mass is 32.2. The minimum atomic E-state index is -0.0486. The molecule has 0 bridgehead atoms. The molecular weight excluding hydrogens is 416 g/mol. The Kier molecular flexibility index (Phi) is 5.91. The zero-order valence-corrected chi connectivity index (χ0v) is 20.0. The third-order valence-corrected chi connectivity index (χ3v) is 8.29. The van der Waals surface area contributed by atoms with Gasteiger partial charge in [-0.1, -0.05) is 42.1 Å². The first-order valence-corrected chi connectivity index (χ1v) is 12.6. The number of benzene rings is 2. The van der Waals surface area contributed by atoms with E-state index in [1.165, 1.54) is 34.3 Å². The lowest BCUT2D eigenvalue weighted by atomic mass is 9.75. The predicted molar refractivity (Wildman–Crippen MR) is 132 cm³/mol. The lowest BCUT2D eigenvalue weighted by molar-refractivity contribution is 0.156. The van der Waals surface area contributed by atoms with Crippen LogP contribution in [0.1, 0.15) is 43.7 Å². The molecule has 1 aliphatic carbocycles. The Labute approximate surface area is 194 Å². The van der Waals surface area contributed by atoms with Gasteiger partial charge in [0.25, 0.3) is 0 Å². The van der Waals surface area contributed by atoms with E-state index < -0.39 is 0 Å². The number of likely N-dealkylation sites (tertiary alicyclic amines) is 1. The molecular formula is C26H32N4OS. The van der Waals surface area contributed by atoms with Gasteiger partial charge < -0.3 is 9.80 Å². The van der Waals surface area contributed by atoms with Crippen LogP contribution in [0.3, 0.4) is 0 Å². The third-order valence-electron chi connectivity index (χ3n) is 7.16. The number of piperidine rings is 1. The summed E-state index contributed by atoms with van der Waals surface area (Å²) in [6, 6.07) is 17.6. The van der Waals surface area contributed by atoms with Crippen molar-refractivity contribution in [2.45, 2.75) is 55.0 Å². The van der Waals surface area contributed by atoms with E-state index in [2.05, 4.69) is 64.5 Å². The Morgan fingerprint density at radius 2 is 1.91 bits per heavy atom. The summed E-state index contributed by atoms with van der Waals surface area (Å²) in [6.45, 7) is 6.59. The van der Waals surface area contributed by atoms with Gasteiger partial charge in [0.1, 0.15) is 5.03 Å². The van der Waals surface area contributed by atoms with Crippen molar-refractivity contribution in [3.63, 3.8) is 0 Å². The van der Waals surface area contributed by atoms with Gasteiger partial charge >= 0.3 is 6.03 Å². The van der Waals surface area contributed by atoms with E-state index in [1.54, 1.807) is 11.8 Å². The van der Waals surface area contributed by atoms with E-state index in [0.29, 0.717) is 25.0 Å². The maximum absolute atomic E-state index is 13.1. The number of carbonyl (C=O) groups is 1. The highest BCUT2D eigenvalue weighted by Crippen LogP contribution is 2.47. The van der Waals surface area contributed by atoms with E-state index in [4.69, 9.17) is 0 Å². The van der Waals surface area contributed by atoms with Crippen LogP contribution in [0.2, 0.25) is 0 Å². The van der Waals surface area contributed by atoms with E-state index in [1.807, 2.05) is 24.8 Å². The van der Waals surface area contributed by atoms with Gasteiger partial charge in [0.15, 0.2) is 0 Å². The molecule has 1 fully saturated rings. The highest BCUT2D eigenvalue weighted by molar-refractivity contribution is 7.99. The maximum atomic E-state index is 13.1. The molecule has 0 saturated carbocycles. The van der Waals surface area contributed by atoms with Gasteiger partial charge in [0, 0.05) is 35.3 Å². The zero-order chi connectivity index (χ0) is 22.2. The Morgan fingerprint density at radius 1 is 1.12 bits per heavy atom. The topological polar surface area (TPSA) is 40.5 Å². The number of aromatic nitrogens is 1. The SMILES string of the molecule is CCN(CC)C(=O)Nn1c(Sc2ccccc2)c2c3c(cccc31)[C@H]1CCCN(C)[C@@H]1C2. The molecule has 0 spiro atoms. The summed E-state index contributed by atoms with van der Waals surface area (Å²) >= 11 is 1.75. The van der Waals surface area contributed by atoms with Crippen LogP contribution in [0, 0.1) is 0 Å². The van der Waals surface area contributed by atoms with Crippen LogP contribution in [0.25, 0.3) is 10.9 Å². The summed E-state index contributed by atoms with van der Waals surface area (Å²) < 4.78 is 2.06. The number of urea groups is 1. The van der Waals surface area contributed by atoms with Gasteiger partial charge in [-0.05, 0) is 76.0 Å². The number of carbonyl (C=O) groups excluding carboxylic acids is 1. The first-order valence-electron chi connectivity index (χ1n) is 11.8. The number of hydrogen-bond donors (Lipinski definition) is 1. The van der Waals surface area contributed by atoms with Crippen LogP contribution < -0.4 is 5.43 Å². The monoisotopic (exact) mass is 448 g/mol. The molecule has 2 aliphatic rings. The average molecular weight is 449 g/mol. The van der Waals surface area contributed by atoms with Crippen molar-refractivity contribution >= 4 is 28.7 Å². The van der Waals surface area contributed by atoms with Crippen molar-refractivity contribution in [2.24, 2.45) is 0 Å². The molecule has 2 amide bonds. The number of amides is 2. The molecule has 1 saturated heterocycles. The normalized spacial score (nSPS) is 20.2. The number of likely N-dealkylation sites (N-methyl/N-ethyl adjacent to an activating group) is 1. The Hall–Kier alpha value is -2.44. The van der Waals surface area contributed by atoms with Crippen LogP contribution >= 0.6 is 11.8 Å². The second-order valence-corrected chi connectivity index (χ2v) is 9.93. The summed E-state index contributed by atoms with van der Waals surface area (Å²) in [5.41, 5.74) is 7.19. The summed E-state index contributed by atoms with van der Waals surface area (Å²) in [7, 11) is 2.27. The maximum Gasteiger partial charge on any atom is 0.336 e. The van der Waals surface area contributed by atoms with Gasteiger partial charge in [0.05, 0.1) is 5.52 Å². The molecule has 1 N–H and O–H groups in total. The fourth-order valence-corrected chi connectivity index (χ4v) is 6.57. The summed E-state index contributed by atoms with van der Waals surface area (Å²) in [4.78, 5) is 18.7. The van der Waals surface area contributed by atoms with E-state index in [9.17, 15) is 4.79 Å². The lowest BCUT2D eigenvalue weighted by Gasteiger charge is -2.42. The summed E-state index contributed by atoms with van der Waals surface area (Å²) in [5.74, 6) is 0.564. The van der Waals surface area contributed by atoms with Crippen molar-refractivity contribution in [2.75, 3.05) is 32.1 Å². The van der Waals surface area contributed by atoms with Crippen LogP contribution in [0.5, 0.6) is 0 Å². The highest BCUT2D eigenvalue weighted by Gasteiger charge is 2.38. The largest absolute Gasteiger partial charge is 0.336 e. The van der Waals surface area contributed by atoms with Gasteiger partial charge in [-0.2, -0.15) is 0 Å². The van der Waals surface area contributed by atoms with Crippen LogP contribution in [-0.2, 0) is 6.42 Å². The van der Waals surface area contributed by atoms with Crippen LogP contribution in [-0.4, -0.2) is 53.2 Å². The van der Waals surface area contributed by atoms with E-state index in [-0.39, 0.29) is 6.03 Å². The minimum absolute atomic E-state index is 0.0486.